The second kappa shape index (κ2) is 9.81. The summed E-state index contributed by atoms with van der Waals surface area (Å²) in [4.78, 5) is 3.36. The van der Waals surface area contributed by atoms with E-state index < -0.39 is 11.6 Å². The number of nitrogens with zero attached hydrogens (tertiary/aromatic N) is 1. The van der Waals surface area contributed by atoms with Gasteiger partial charge >= 0.3 is 0 Å². The third kappa shape index (κ3) is 5.51. The van der Waals surface area contributed by atoms with Crippen molar-refractivity contribution < 1.29 is 13.5 Å². The summed E-state index contributed by atoms with van der Waals surface area (Å²) in [6.45, 7) is 0.737. The lowest BCUT2D eigenvalue weighted by Gasteiger charge is -2.11. The van der Waals surface area contributed by atoms with Crippen molar-refractivity contribution in [1.82, 2.24) is 0 Å². The van der Waals surface area contributed by atoms with E-state index in [2.05, 4.69) is 41.0 Å². The minimum absolute atomic E-state index is 0.0389. The average Bonchev–Trinajstić information content (AvgIpc) is 3.22. The zero-order chi connectivity index (χ0) is 19.8. The van der Waals surface area contributed by atoms with Crippen LogP contribution >= 0.6 is 12.2 Å². The maximum Gasteiger partial charge on any atom is 0.140 e. The highest BCUT2D eigenvalue weighted by atomic mass is 32.1. The molecule has 0 aromatic heterocycles. The third-order valence-electron chi connectivity index (χ3n) is 4.51. The molecule has 1 fully saturated rings. The summed E-state index contributed by atoms with van der Waals surface area (Å²) in [5, 5.41) is 2.03. The Morgan fingerprint density at radius 1 is 0.964 bits per heavy atom. The quantitative estimate of drug-likeness (QED) is 0.399. The van der Waals surface area contributed by atoms with Gasteiger partial charge in [0.25, 0.3) is 0 Å². The van der Waals surface area contributed by atoms with Crippen molar-refractivity contribution in [2.45, 2.75) is 25.7 Å². The smallest absolute Gasteiger partial charge is 0.140 e. The first-order chi connectivity index (χ1) is 13.7. The number of ether oxygens (including phenoxy) is 1. The summed E-state index contributed by atoms with van der Waals surface area (Å²) >= 11 is 4.36. The summed E-state index contributed by atoms with van der Waals surface area (Å²) in [6.07, 6.45) is 5.04. The highest BCUT2D eigenvalue weighted by molar-refractivity contribution is 7.78. The standard InChI is InChI=1S/C23H17F2NOS/c24-22-14-20(11-12-26-16-28)23(25)13-19(22)8-5-17-6-9-21(10-7-17)27-15-18-3-1-2-4-18/h6-7,9-10,13-14,18H,1-4,15H2. The lowest BCUT2D eigenvalue weighted by Crippen LogP contribution is -2.07. The Balaban J connectivity index is 1.68. The summed E-state index contributed by atoms with van der Waals surface area (Å²) in [7, 11) is 0. The molecule has 0 unspecified atom stereocenters. The first-order valence-corrected chi connectivity index (χ1v) is 9.38. The van der Waals surface area contributed by atoms with Crippen molar-refractivity contribution >= 4 is 17.4 Å². The fraction of sp³-hybridized carbons (Fsp3) is 0.261. The second-order valence-electron chi connectivity index (χ2n) is 6.49. The monoisotopic (exact) mass is 393 g/mol. The van der Waals surface area contributed by atoms with E-state index in [0.29, 0.717) is 11.5 Å². The van der Waals surface area contributed by atoms with Crippen molar-refractivity contribution in [1.29, 1.82) is 0 Å². The summed E-state index contributed by atoms with van der Waals surface area (Å²) in [6, 6.07) is 11.5. The largest absolute Gasteiger partial charge is 0.493 e. The Bertz CT molecular complexity index is 1010. The van der Waals surface area contributed by atoms with E-state index >= 15 is 0 Å². The van der Waals surface area contributed by atoms with Gasteiger partial charge in [0.1, 0.15) is 17.4 Å². The number of benzene rings is 2. The van der Waals surface area contributed by atoms with Crippen LogP contribution in [0.4, 0.5) is 8.78 Å². The van der Waals surface area contributed by atoms with Crippen LogP contribution in [-0.4, -0.2) is 11.8 Å². The van der Waals surface area contributed by atoms with Crippen LogP contribution in [0.1, 0.15) is 42.4 Å². The maximum atomic E-state index is 14.1. The Morgan fingerprint density at radius 3 is 2.25 bits per heavy atom. The molecule has 1 saturated carbocycles. The van der Waals surface area contributed by atoms with Gasteiger partial charge in [-0.3, -0.25) is 0 Å². The molecule has 0 atom stereocenters. The second-order valence-corrected chi connectivity index (χ2v) is 6.67. The van der Waals surface area contributed by atoms with Crippen molar-refractivity contribution in [3.8, 4) is 29.6 Å². The van der Waals surface area contributed by atoms with Gasteiger partial charge in [0.15, 0.2) is 0 Å². The minimum atomic E-state index is -0.673. The van der Waals surface area contributed by atoms with Gasteiger partial charge in [-0.2, -0.15) is 0 Å². The molecule has 1 aliphatic rings. The first kappa shape index (κ1) is 19.8. The lowest BCUT2D eigenvalue weighted by atomic mass is 10.1. The molecule has 140 valence electrons. The molecule has 2 nitrogen and oxygen atoms in total. The normalized spacial score (nSPS) is 12.9. The van der Waals surface area contributed by atoms with Crippen molar-refractivity contribution in [3.05, 3.63) is 64.7 Å². The minimum Gasteiger partial charge on any atom is -0.493 e. The third-order valence-corrected chi connectivity index (χ3v) is 4.60. The fourth-order valence-electron chi connectivity index (χ4n) is 3.01. The van der Waals surface area contributed by atoms with Crippen molar-refractivity contribution in [3.63, 3.8) is 0 Å². The van der Waals surface area contributed by atoms with Crippen LogP contribution in [0, 0.1) is 41.4 Å². The average molecular weight is 393 g/mol. The van der Waals surface area contributed by atoms with Gasteiger partial charge in [0.2, 0.25) is 0 Å². The number of rotatable bonds is 3. The molecule has 0 heterocycles. The zero-order valence-electron chi connectivity index (χ0n) is 15.1. The van der Waals surface area contributed by atoms with Gasteiger partial charge in [-0.05, 0) is 73.3 Å². The van der Waals surface area contributed by atoms with E-state index in [1.54, 1.807) is 12.1 Å². The van der Waals surface area contributed by atoms with E-state index in [1.807, 2.05) is 17.3 Å². The van der Waals surface area contributed by atoms with Gasteiger partial charge in [-0.15, -0.1) is 4.99 Å². The Labute approximate surface area is 168 Å². The van der Waals surface area contributed by atoms with Gasteiger partial charge < -0.3 is 4.74 Å². The molecule has 2 aromatic carbocycles. The molecule has 0 bridgehead atoms. The fourth-order valence-corrected chi connectivity index (χ4v) is 3.06. The number of isothiocyanates is 1. The highest BCUT2D eigenvalue weighted by Gasteiger charge is 2.15. The number of hydrogen-bond donors (Lipinski definition) is 0. The van der Waals surface area contributed by atoms with Gasteiger partial charge in [-0.25, -0.2) is 8.78 Å². The number of thiocarbonyl (C=S) groups is 1. The van der Waals surface area contributed by atoms with E-state index in [1.165, 1.54) is 25.7 Å². The van der Waals surface area contributed by atoms with Crippen LogP contribution in [0.3, 0.4) is 0 Å². The summed E-state index contributed by atoms with van der Waals surface area (Å²) in [5.41, 5.74) is 0.538. The highest BCUT2D eigenvalue weighted by Crippen LogP contribution is 2.25. The van der Waals surface area contributed by atoms with Gasteiger partial charge in [-0.1, -0.05) is 24.7 Å². The maximum absolute atomic E-state index is 14.1. The molecule has 0 aliphatic heterocycles. The molecule has 1 aliphatic carbocycles. The Hall–Kier alpha value is -2.98. The molecule has 2 aromatic rings. The molecule has 28 heavy (non-hydrogen) atoms. The SMILES string of the molecule is Fc1cc(C#Cc2ccc(OCC3CCCC3)cc2)c(F)cc1C#CN=C=S. The molecule has 0 N–H and O–H groups in total. The predicted octanol–water partition coefficient (Wildman–Crippen LogP) is 5.35. The molecule has 0 saturated heterocycles. The van der Waals surface area contributed by atoms with E-state index in [9.17, 15) is 8.78 Å². The molecular formula is C23H17F2NOS. The predicted molar refractivity (Wildman–Crippen MR) is 108 cm³/mol. The van der Waals surface area contributed by atoms with Crippen LogP contribution in [0.5, 0.6) is 5.75 Å². The summed E-state index contributed by atoms with van der Waals surface area (Å²) in [5.74, 6) is 7.97. The van der Waals surface area contributed by atoms with E-state index in [0.717, 1.165) is 24.5 Å². The number of halogens is 2. The molecule has 0 amide bonds. The van der Waals surface area contributed by atoms with Gasteiger partial charge in [0, 0.05) is 5.56 Å². The Morgan fingerprint density at radius 2 is 1.61 bits per heavy atom. The molecule has 0 spiro atoms. The summed E-state index contributed by atoms with van der Waals surface area (Å²) < 4.78 is 33.9. The van der Waals surface area contributed by atoms with E-state index in [4.69, 9.17) is 4.74 Å². The zero-order valence-corrected chi connectivity index (χ0v) is 15.9. The topological polar surface area (TPSA) is 21.6 Å². The van der Waals surface area contributed by atoms with Crippen molar-refractivity contribution in [2.24, 2.45) is 10.9 Å². The number of aliphatic imine (C=N–C) groups is 1. The number of hydrogen-bond acceptors (Lipinski definition) is 3. The van der Waals surface area contributed by atoms with Crippen LogP contribution < -0.4 is 4.74 Å². The molecule has 0 radical (unpaired) electrons. The van der Waals surface area contributed by atoms with Gasteiger partial charge in [0.05, 0.1) is 28.9 Å². The van der Waals surface area contributed by atoms with Crippen LogP contribution in [0.2, 0.25) is 0 Å². The lowest BCUT2D eigenvalue weighted by molar-refractivity contribution is 0.252. The van der Waals surface area contributed by atoms with Crippen LogP contribution in [0.15, 0.2) is 41.4 Å². The first-order valence-electron chi connectivity index (χ1n) is 8.97. The molecule has 5 heteroatoms. The Kier molecular flexibility index (Phi) is 6.93. The molecular weight excluding hydrogens is 376 g/mol. The van der Waals surface area contributed by atoms with Crippen LogP contribution in [-0.2, 0) is 0 Å². The molecule has 3 rings (SSSR count). The van der Waals surface area contributed by atoms with Crippen molar-refractivity contribution in [2.75, 3.05) is 6.61 Å². The van der Waals surface area contributed by atoms with E-state index in [-0.39, 0.29) is 11.1 Å². The van der Waals surface area contributed by atoms with Crippen LogP contribution in [0.25, 0.3) is 0 Å².